The van der Waals surface area contributed by atoms with Crippen molar-refractivity contribution in [1.82, 2.24) is 0 Å². The van der Waals surface area contributed by atoms with E-state index >= 15 is 0 Å². The van der Waals surface area contributed by atoms with Crippen molar-refractivity contribution in [1.29, 1.82) is 0 Å². The molecule has 2 aliphatic rings. The van der Waals surface area contributed by atoms with Gasteiger partial charge in [-0.3, -0.25) is 0 Å². The summed E-state index contributed by atoms with van der Waals surface area (Å²) < 4.78 is 19.1. The maximum absolute atomic E-state index is 6.42. The second kappa shape index (κ2) is 9.37. The van der Waals surface area contributed by atoms with E-state index in [0.29, 0.717) is 0 Å². The van der Waals surface area contributed by atoms with Gasteiger partial charge in [-0.2, -0.15) is 0 Å². The molecule has 0 N–H and O–H groups in total. The standard InChI is InChI=1S/C36H33BO3/c1-35(2)36(3,4)40-37(39-35)31-11-8-12-33-34(31)30-23-29(21-22-32(30)38-33)28-19-17-27(18-20-28)26-15-13-25(14-16-26)24-9-6-5-7-10-24/h5-13,15,17-23H,14,16H2,1-4H3. The van der Waals surface area contributed by atoms with Gasteiger partial charge in [0.2, 0.25) is 0 Å². The summed E-state index contributed by atoms with van der Waals surface area (Å²) in [6.45, 7) is 8.35. The minimum atomic E-state index is -0.447. The van der Waals surface area contributed by atoms with Gasteiger partial charge in [0.15, 0.2) is 0 Å². The first-order chi connectivity index (χ1) is 19.3. The molecule has 0 atom stereocenters. The summed E-state index contributed by atoms with van der Waals surface area (Å²) in [4.78, 5) is 0. The molecule has 5 aromatic rings. The van der Waals surface area contributed by atoms with Gasteiger partial charge in [0, 0.05) is 10.8 Å². The Bertz CT molecular complexity index is 1770. The molecule has 3 nitrogen and oxygen atoms in total. The van der Waals surface area contributed by atoms with Crippen LogP contribution in [-0.4, -0.2) is 18.3 Å². The molecular formula is C36H33BO3. The highest BCUT2D eigenvalue weighted by Crippen LogP contribution is 2.39. The van der Waals surface area contributed by atoms with Gasteiger partial charge in [-0.15, -0.1) is 0 Å². The van der Waals surface area contributed by atoms with Gasteiger partial charge in [0.25, 0.3) is 0 Å². The molecule has 1 saturated heterocycles. The van der Waals surface area contributed by atoms with Gasteiger partial charge in [0.1, 0.15) is 11.2 Å². The van der Waals surface area contributed by atoms with Crippen LogP contribution < -0.4 is 5.46 Å². The Balaban J connectivity index is 1.21. The van der Waals surface area contributed by atoms with E-state index in [0.717, 1.165) is 45.8 Å². The fraction of sp³-hybridized carbons (Fsp3) is 0.222. The van der Waals surface area contributed by atoms with Crippen molar-refractivity contribution in [2.45, 2.75) is 51.7 Å². The number of hydrogen-bond acceptors (Lipinski definition) is 3. The zero-order valence-electron chi connectivity index (χ0n) is 23.5. The second-order valence-corrected chi connectivity index (χ2v) is 11.9. The Labute approximate surface area is 236 Å². The molecule has 0 amide bonds. The molecule has 0 saturated carbocycles. The van der Waals surface area contributed by atoms with Crippen LogP contribution in [0, 0.1) is 0 Å². The van der Waals surface area contributed by atoms with E-state index in [-0.39, 0.29) is 0 Å². The van der Waals surface area contributed by atoms with Crippen LogP contribution in [0.25, 0.3) is 44.2 Å². The van der Waals surface area contributed by atoms with Crippen LogP contribution in [0.4, 0.5) is 0 Å². The van der Waals surface area contributed by atoms with E-state index in [2.05, 4.69) is 119 Å². The molecule has 0 radical (unpaired) electrons. The smallest absolute Gasteiger partial charge is 0.456 e. The zero-order chi connectivity index (χ0) is 27.5. The summed E-state index contributed by atoms with van der Waals surface area (Å²) in [5.41, 5.74) is 9.65. The van der Waals surface area contributed by atoms with E-state index < -0.39 is 18.3 Å². The topological polar surface area (TPSA) is 31.6 Å². The maximum Gasteiger partial charge on any atom is 0.495 e. The largest absolute Gasteiger partial charge is 0.495 e. The van der Waals surface area contributed by atoms with E-state index in [1.165, 1.54) is 27.8 Å². The lowest BCUT2D eigenvalue weighted by atomic mass is 9.76. The van der Waals surface area contributed by atoms with Crippen LogP contribution in [0.2, 0.25) is 0 Å². The van der Waals surface area contributed by atoms with Crippen molar-refractivity contribution in [2.75, 3.05) is 0 Å². The van der Waals surface area contributed by atoms with Gasteiger partial charge < -0.3 is 13.7 Å². The first kappa shape index (κ1) is 25.1. The van der Waals surface area contributed by atoms with Gasteiger partial charge in [-0.05, 0) is 97.6 Å². The molecular weight excluding hydrogens is 491 g/mol. The van der Waals surface area contributed by atoms with Crippen LogP contribution in [0.1, 0.15) is 51.7 Å². The van der Waals surface area contributed by atoms with E-state index in [1.807, 2.05) is 12.1 Å². The summed E-state index contributed by atoms with van der Waals surface area (Å²) in [6.07, 6.45) is 6.67. The zero-order valence-corrected chi connectivity index (χ0v) is 23.5. The highest BCUT2D eigenvalue weighted by Gasteiger charge is 2.52. The van der Waals surface area contributed by atoms with Crippen LogP contribution in [0.3, 0.4) is 0 Å². The summed E-state index contributed by atoms with van der Waals surface area (Å²) in [5, 5.41) is 2.14. The quantitative estimate of drug-likeness (QED) is 0.220. The lowest BCUT2D eigenvalue weighted by molar-refractivity contribution is 0.00578. The lowest BCUT2D eigenvalue weighted by Gasteiger charge is -2.32. The number of allylic oxidation sites excluding steroid dienone is 4. The predicted octanol–water partition coefficient (Wildman–Crippen LogP) is 8.81. The van der Waals surface area contributed by atoms with Crippen LogP contribution in [0.5, 0.6) is 0 Å². The van der Waals surface area contributed by atoms with Gasteiger partial charge >= 0.3 is 7.12 Å². The Kier molecular flexibility index (Phi) is 5.88. The molecule has 2 heterocycles. The Hall–Kier alpha value is -3.86. The van der Waals surface area contributed by atoms with Crippen molar-refractivity contribution in [3.8, 4) is 11.1 Å². The maximum atomic E-state index is 6.42. The predicted molar refractivity (Wildman–Crippen MR) is 167 cm³/mol. The van der Waals surface area contributed by atoms with Gasteiger partial charge in [-0.1, -0.05) is 84.9 Å². The fourth-order valence-electron chi connectivity index (χ4n) is 5.85. The molecule has 1 fully saturated rings. The molecule has 0 spiro atoms. The number of rotatable bonds is 4. The van der Waals surface area contributed by atoms with Crippen molar-refractivity contribution in [3.63, 3.8) is 0 Å². The summed E-state index contributed by atoms with van der Waals surface area (Å²) in [7, 11) is -0.447. The monoisotopic (exact) mass is 524 g/mol. The first-order valence-corrected chi connectivity index (χ1v) is 14.2. The van der Waals surface area contributed by atoms with Crippen molar-refractivity contribution >= 4 is 45.7 Å². The molecule has 198 valence electrons. The molecule has 1 aromatic heterocycles. The van der Waals surface area contributed by atoms with E-state index in [4.69, 9.17) is 13.7 Å². The second-order valence-electron chi connectivity index (χ2n) is 11.9. The van der Waals surface area contributed by atoms with Gasteiger partial charge in [0.05, 0.1) is 11.2 Å². The van der Waals surface area contributed by atoms with E-state index in [9.17, 15) is 0 Å². The Morgan fingerprint density at radius 2 is 1.18 bits per heavy atom. The molecule has 4 heteroatoms. The Morgan fingerprint density at radius 1 is 0.575 bits per heavy atom. The Morgan fingerprint density at radius 3 is 1.82 bits per heavy atom. The molecule has 4 aromatic carbocycles. The number of hydrogen-bond donors (Lipinski definition) is 0. The van der Waals surface area contributed by atoms with E-state index in [1.54, 1.807) is 0 Å². The third-order valence-electron chi connectivity index (χ3n) is 8.92. The average Bonchev–Trinajstić information content (AvgIpc) is 3.45. The normalized spacial score (nSPS) is 18.2. The molecule has 0 bridgehead atoms. The number of benzene rings is 4. The van der Waals surface area contributed by atoms with Crippen molar-refractivity contribution in [2.24, 2.45) is 0 Å². The fourth-order valence-corrected chi connectivity index (χ4v) is 5.85. The van der Waals surface area contributed by atoms with Crippen molar-refractivity contribution in [3.05, 3.63) is 114 Å². The highest BCUT2D eigenvalue weighted by atomic mass is 16.7. The highest BCUT2D eigenvalue weighted by molar-refractivity contribution is 6.66. The SMILES string of the molecule is CC1(C)OB(c2cccc3oc4ccc(-c5ccc(C6=CC=C(c7ccccc7)CC6)cc5)cc4c23)OC1(C)C. The van der Waals surface area contributed by atoms with Gasteiger partial charge in [-0.25, -0.2) is 0 Å². The van der Waals surface area contributed by atoms with Crippen LogP contribution in [-0.2, 0) is 9.31 Å². The average molecular weight is 524 g/mol. The molecule has 0 unspecified atom stereocenters. The van der Waals surface area contributed by atoms with Crippen molar-refractivity contribution < 1.29 is 13.7 Å². The summed E-state index contributed by atoms with van der Waals surface area (Å²) in [5.74, 6) is 0. The first-order valence-electron chi connectivity index (χ1n) is 14.2. The minimum absolute atomic E-state index is 0.404. The molecule has 7 rings (SSSR count). The van der Waals surface area contributed by atoms with Crippen LogP contribution in [0.15, 0.2) is 108 Å². The third kappa shape index (κ3) is 4.23. The summed E-state index contributed by atoms with van der Waals surface area (Å²) >= 11 is 0. The number of fused-ring (bicyclic) bond motifs is 3. The van der Waals surface area contributed by atoms with Crippen LogP contribution >= 0.6 is 0 Å². The molecule has 1 aliphatic carbocycles. The molecule has 40 heavy (non-hydrogen) atoms. The minimum Gasteiger partial charge on any atom is -0.456 e. The lowest BCUT2D eigenvalue weighted by Crippen LogP contribution is -2.41. The third-order valence-corrected chi connectivity index (χ3v) is 8.92. The molecule has 1 aliphatic heterocycles. The number of furan rings is 1. The summed E-state index contributed by atoms with van der Waals surface area (Å²) in [6, 6.07) is 32.2.